The van der Waals surface area contributed by atoms with Crippen LogP contribution in [-0.2, 0) is 6.42 Å². The molecule has 0 N–H and O–H groups in total. The van der Waals surface area contributed by atoms with E-state index >= 15 is 0 Å². The highest BCUT2D eigenvalue weighted by atomic mass is 79.9. The van der Waals surface area contributed by atoms with Crippen molar-refractivity contribution < 1.29 is 9.18 Å². The highest BCUT2D eigenvalue weighted by Gasteiger charge is 2.16. The molecule has 0 spiro atoms. The van der Waals surface area contributed by atoms with Crippen LogP contribution in [0.2, 0.25) is 0 Å². The molecule has 5 heteroatoms. The second kappa shape index (κ2) is 5.71. The molecule has 2 nitrogen and oxygen atoms in total. The van der Waals surface area contributed by atoms with Gasteiger partial charge in [-0.3, -0.25) is 9.78 Å². The standard InChI is InChI=1S/C13H8Br2FNO/c14-8-4-5-9(17-7-8)6-12(18)13-10(15)2-1-3-11(13)16/h1-5,7H,6H2. The summed E-state index contributed by atoms with van der Waals surface area (Å²) >= 11 is 6.45. The fourth-order valence-corrected chi connectivity index (χ4v) is 2.33. The molecule has 2 aromatic rings. The molecule has 1 aromatic heterocycles. The summed E-state index contributed by atoms with van der Waals surface area (Å²) in [5.74, 6) is -0.818. The van der Waals surface area contributed by atoms with Gasteiger partial charge in [0.05, 0.1) is 12.0 Å². The lowest BCUT2D eigenvalue weighted by Crippen LogP contribution is -2.08. The van der Waals surface area contributed by atoms with Crippen LogP contribution >= 0.6 is 31.9 Å². The number of ketones is 1. The van der Waals surface area contributed by atoms with E-state index in [0.717, 1.165) is 4.47 Å². The van der Waals surface area contributed by atoms with E-state index in [1.165, 1.54) is 6.07 Å². The Morgan fingerprint density at radius 2 is 2.00 bits per heavy atom. The van der Waals surface area contributed by atoms with Crippen LogP contribution in [0, 0.1) is 5.82 Å². The number of rotatable bonds is 3. The zero-order chi connectivity index (χ0) is 13.1. The van der Waals surface area contributed by atoms with Crippen LogP contribution in [0.25, 0.3) is 0 Å². The molecule has 2 rings (SSSR count). The molecule has 92 valence electrons. The number of benzene rings is 1. The summed E-state index contributed by atoms with van der Waals surface area (Å²) in [7, 11) is 0. The number of halogens is 3. The van der Waals surface area contributed by atoms with Crippen LogP contribution in [-0.4, -0.2) is 10.8 Å². The van der Waals surface area contributed by atoms with E-state index in [-0.39, 0.29) is 17.8 Å². The van der Waals surface area contributed by atoms with Crippen LogP contribution in [0.5, 0.6) is 0 Å². The topological polar surface area (TPSA) is 30.0 Å². The molecule has 1 aromatic carbocycles. The quantitative estimate of drug-likeness (QED) is 0.757. The van der Waals surface area contributed by atoms with E-state index < -0.39 is 5.82 Å². The molecule has 0 atom stereocenters. The molecule has 0 bridgehead atoms. The van der Waals surface area contributed by atoms with Gasteiger partial charge >= 0.3 is 0 Å². The van der Waals surface area contributed by atoms with Gasteiger partial charge < -0.3 is 0 Å². The Morgan fingerprint density at radius 3 is 2.61 bits per heavy atom. The van der Waals surface area contributed by atoms with Gasteiger partial charge in [-0.15, -0.1) is 0 Å². The van der Waals surface area contributed by atoms with Crippen molar-refractivity contribution in [1.29, 1.82) is 0 Å². The van der Waals surface area contributed by atoms with Crippen molar-refractivity contribution in [3.63, 3.8) is 0 Å². The van der Waals surface area contributed by atoms with E-state index in [1.54, 1.807) is 30.5 Å². The Labute approximate surface area is 121 Å². The minimum Gasteiger partial charge on any atom is -0.294 e. The summed E-state index contributed by atoms with van der Waals surface area (Å²) < 4.78 is 14.9. The van der Waals surface area contributed by atoms with Crippen LogP contribution in [0.15, 0.2) is 45.5 Å². The first-order valence-corrected chi connectivity index (χ1v) is 6.74. The van der Waals surface area contributed by atoms with Gasteiger partial charge in [0.25, 0.3) is 0 Å². The fraction of sp³-hybridized carbons (Fsp3) is 0.0769. The van der Waals surface area contributed by atoms with Gasteiger partial charge in [-0.25, -0.2) is 4.39 Å². The van der Waals surface area contributed by atoms with Crippen molar-refractivity contribution in [2.75, 3.05) is 0 Å². The van der Waals surface area contributed by atoms with Crippen LogP contribution in [0.4, 0.5) is 4.39 Å². The molecule has 0 saturated heterocycles. The van der Waals surface area contributed by atoms with Gasteiger partial charge in [0.1, 0.15) is 5.82 Å². The summed E-state index contributed by atoms with van der Waals surface area (Å²) in [5.41, 5.74) is 0.681. The summed E-state index contributed by atoms with van der Waals surface area (Å²) in [6.45, 7) is 0. The van der Waals surface area contributed by atoms with Crippen molar-refractivity contribution in [2.24, 2.45) is 0 Å². The summed E-state index contributed by atoms with van der Waals surface area (Å²) in [4.78, 5) is 16.1. The molecular formula is C13H8Br2FNO. The highest BCUT2D eigenvalue weighted by molar-refractivity contribution is 9.10. The molecule has 0 fully saturated rings. The number of carbonyl (C=O) groups is 1. The van der Waals surface area contributed by atoms with Gasteiger partial charge in [0.15, 0.2) is 5.78 Å². The van der Waals surface area contributed by atoms with E-state index in [2.05, 4.69) is 36.8 Å². The third kappa shape index (κ3) is 3.03. The minimum atomic E-state index is -0.522. The molecule has 1 heterocycles. The number of carbonyl (C=O) groups excluding carboxylic acids is 1. The number of hydrogen-bond acceptors (Lipinski definition) is 2. The molecule has 18 heavy (non-hydrogen) atoms. The van der Waals surface area contributed by atoms with Crippen molar-refractivity contribution in [3.8, 4) is 0 Å². The van der Waals surface area contributed by atoms with Gasteiger partial charge in [0, 0.05) is 20.8 Å². The third-order valence-corrected chi connectivity index (χ3v) is 3.50. The monoisotopic (exact) mass is 371 g/mol. The van der Waals surface area contributed by atoms with E-state index in [0.29, 0.717) is 10.2 Å². The first-order chi connectivity index (χ1) is 8.58. The average molecular weight is 373 g/mol. The number of Topliss-reactive ketones (excluding diaryl/α,β-unsaturated/α-hetero) is 1. The summed E-state index contributed by atoms with van der Waals surface area (Å²) in [5, 5.41) is 0. The van der Waals surface area contributed by atoms with Crippen molar-refractivity contribution in [1.82, 2.24) is 4.98 Å². The number of aromatic nitrogens is 1. The predicted octanol–water partition coefficient (Wildman–Crippen LogP) is 4.17. The Kier molecular flexibility index (Phi) is 4.24. The molecular weight excluding hydrogens is 365 g/mol. The zero-order valence-electron chi connectivity index (χ0n) is 9.16. The first-order valence-electron chi connectivity index (χ1n) is 5.15. The van der Waals surface area contributed by atoms with Gasteiger partial charge in [-0.2, -0.15) is 0 Å². The van der Waals surface area contributed by atoms with Crippen LogP contribution < -0.4 is 0 Å². The van der Waals surface area contributed by atoms with Crippen molar-refractivity contribution in [3.05, 3.63) is 62.5 Å². The average Bonchev–Trinajstić information content (AvgIpc) is 2.32. The predicted molar refractivity (Wildman–Crippen MR) is 74.1 cm³/mol. The zero-order valence-corrected chi connectivity index (χ0v) is 12.3. The lowest BCUT2D eigenvalue weighted by molar-refractivity contribution is 0.0987. The Hall–Kier alpha value is -1.07. The van der Waals surface area contributed by atoms with Crippen LogP contribution in [0.1, 0.15) is 16.1 Å². The van der Waals surface area contributed by atoms with E-state index in [9.17, 15) is 9.18 Å². The maximum Gasteiger partial charge on any atom is 0.172 e. The van der Waals surface area contributed by atoms with Crippen molar-refractivity contribution >= 4 is 37.6 Å². The number of pyridine rings is 1. The minimum absolute atomic E-state index is 0.0715. The van der Waals surface area contributed by atoms with E-state index in [1.807, 2.05) is 0 Å². The van der Waals surface area contributed by atoms with Gasteiger partial charge in [-0.1, -0.05) is 6.07 Å². The SMILES string of the molecule is O=C(Cc1ccc(Br)cn1)c1c(F)cccc1Br. The summed E-state index contributed by atoms with van der Waals surface area (Å²) in [6.07, 6.45) is 1.69. The molecule has 0 saturated carbocycles. The molecule has 0 amide bonds. The molecule has 0 aliphatic carbocycles. The van der Waals surface area contributed by atoms with E-state index in [4.69, 9.17) is 0 Å². The second-order valence-corrected chi connectivity index (χ2v) is 5.43. The van der Waals surface area contributed by atoms with Crippen LogP contribution in [0.3, 0.4) is 0 Å². The lowest BCUT2D eigenvalue weighted by atomic mass is 10.1. The maximum absolute atomic E-state index is 13.6. The lowest BCUT2D eigenvalue weighted by Gasteiger charge is -2.05. The number of nitrogens with zero attached hydrogens (tertiary/aromatic N) is 1. The fourth-order valence-electron chi connectivity index (χ4n) is 1.53. The Morgan fingerprint density at radius 1 is 1.22 bits per heavy atom. The largest absolute Gasteiger partial charge is 0.294 e. The Balaban J connectivity index is 2.25. The molecule has 0 aliphatic rings. The summed E-state index contributed by atoms with van der Waals surface area (Å²) in [6, 6.07) is 8.00. The number of hydrogen-bond donors (Lipinski definition) is 0. The van der Waals surface area contributed by atoms with Gasteiger partial charge in [-0.05, 0) is 56.1 Å². The van der Waals surface area contributed by atoms with Gasteiger partial charge in [0.2, 0.25) is 0 Å². The Bertz CT molecular complexity index is 564. The first kappa shape index (κ1) is 13.4. The maximum atomic E-state index is 13.6. The second-order valence-electron chi connectivity index (χ2n) is 3.66. The normalized spacial score (nSPS) is 10.4. The van der Waals surface area contributed by atoms with Crippen molar-refractivity contribution in [2.45, 2.75) is 6.42 Å². The smallest absolute Gasteiger partial charge is 0.172 e. The molecule has 0 aliphatic heterocycles. The molecule has 0 unspecified atom stereocenters. The molecule has 0 radical (unpaired) electrons. The highest BCUT2D eigenvalue weighted by Crippen LogP contribution is 2.21. The third-order valence-electron chi connectivity index (χ3n) is 2.37.